The SMILES string of the molecule is [c]1ccc2sncc2c1. The van der Waals surface area contributed by atoms with Gasteiger partial charge >= 0.3 is 0 Å². The van der Waals surface area contributed by atoms with Gasteiger partial charge in [-0.25, -0.2) is 0 Å². The molecule has 1 heterocycles. The van der Waals surface area contributed by atoms with E-state index >= 15 is 0 Å². The molecule has 0 spiro atoms. The quantitative estimate of drug-likeness (QED) is 0.537. The van der Waals surface area contributed by atoms with Crippen LogP contribution in [0.4, 0.5) is 0 Å². The summed E-state index contributed by atoms with van der Waals surface area (Å²) in [6.45, 7) is 0. The van der Waals surface area contributed by atoms with Crippen LogP contribution in [0.15, 0.2) is 24.4 Å². The van der Waals surface area contributed by atoms with Crippen molar-refractivity contribution in [2.75, 3.05) is 0 Å². The molecular weight excluding hydrogens is 130 g/mol. The standard InChI is InChI=1S/C7H4NS/c1-2-4-7-6(3-1)5-8-9-7/h2-5H. The summed E-state index contributed by atoms with van der Waals surface area (Å²) in [6, 6.07) is 8.86. The van der Waals surface area contributed by atoms with Gasteiger partial charge < -0.3 is 0 Å². The summed E-state index contributed by atoms with van der Waals surface area (Å²) in [7, 11) is 0. The van der Waals surface area contributed by atoms with Gasteiger partial charge in [-0.05, 0) is 29.7 Å². The van der Waals surface area contributed by atoms with Crippen LogP contribution in [0.1, 0.15) is 0 Å². The highest BCUT2D eigenvalue weighted by molar-refractivity contribution is 7.13. The maximum Gasteiger partial charge on any atom is 0.0550 e. The molecular formula is C7H4NS. The molecule has 0 aliphatic rings. The Morgan fingerprint density at radius 1 is 1.56 bits per heavy atom. The van der Waals surface area contributed by atoms with Gasteiger partial charge in [0.25, 0.3) is 0 Å². The summed E-state index contributed by atoms with van der Waals surface area (Å²) in [4.78, 5) is 0. The van der Waals surface area contributed by atoms with E-state index in [-0.39, 0.29) is 0 Å². The Labute approximate surface area is 57.1 Å². The first-order valence-corrected chi connectivity index (χ1v) is 3.45. The minimum absolute atomic E-state index is 1.18. The predicted octanol–water partition coefficient (Wildman–Crippen LogP) is 2.10. The zero-order valence-corrected chi connectivity index (χ0v) is 5.48. The number of hydrogen-bond acceptors (Lipinski definition) is 2. The van der Waals surface area contributed by atoms with E-state index in [1.54, 1.807) is 0 Å². The van der Waals surface area contributed by atoms with Crippen LogP contribution in [-0.2, 0) is 0 Å². The van der Waals surface area contributed by atoms with E-state index < -0.39 is 0 Å². The topological polar surface area (TPSA) is 12.9 Å². The molecule has 1 aromatic heterocycles. The third kappa shape index (κ3) is 0.715. The van der Waals surface area contributed by atoms with Crippen molar-refractivity contribution in [3.63, 3.8) is 0 Å². The molecule has 2 rings (SSSR count). The van der Waals surface area contributed by atoms with E-state index in [0.29, 0.717) is 0 Å². The zero-order valence-electron chi connectivity index (χ0n) is 4.66. The lowest BCUT2D eigenvalue weighted by atomic mass is 10.3. The maximum atomic E-state index is 4.02. The number of rotatable bonds is 0. The molecule has 0 saturated carbocycles. The molecule has 0 fully saturated rings. The van der Waals surface area contributed by atoms with E-state index in [1.807, 2.05) is 24.4 Å². The van der Waals surface area contributed by atoms with Gasteiger partial charge in [-0.3, -0.25) is 0 Å². The maximum absolute atomic E-state index is 4.02. The number of nitrogens with zero attached hydrogens (tertiary/aromatic N) is 1. The van der Waals surface area contributed by atoms with Gasteiger partial charge in [0.2, 0.25) is 0 Å². The highest BCUT2D eigenvalue weighted by Gasteiger charge is 1.89. The van der Waals surface area contributed by atoms with Crippen LogP contribution in [0, 0.1) is 6.07 Å². The molecule has 0 N–H and O–H groups in total. The van der Waals surface area contributed by atoms with Crippen molar-refractivity contribution in [2.24, 2.45) is 0 Å². The summed E-state index contributed by atoms with van der Waals surface area (Å²) >= 11 is 1.52. The summed E-state index contributed by atoms with van der Waals surface area (Å²) < 4.78 is 5.25. The van der Waals surface area contributed by atoms with E-state index in [2.05, 4.69) is 10.4 Å². The second-order valence-electron chi connectivity index (χ2n) is 1.79. The van der Waals surface area contributed by atoms with Crippen LogP contribution >= 0.6 is 11.5 Å². The lowest BCUT2D eigenvalue weighted by molar-refractivity contribution is 1.60. The third-order valence-corrected chi connectivity index (χ3v) is 1.98. The Morgan fingerprint density at radius 2 is 2.56 bits per heavy atom. The van der Waals surface area contributed by atoms with Gasteiger partial charge in [0.05, 0.1) is 4.70 Å². The summed E-state index contributed by atoms with van der Waals surface area (Å²) in [6.07, 6.45) is 1.86. The van der Waals surface area contributed by atoms with Crippen molar-refractivity contribution < 1.29 is 0 Å². The smallest absolute Gasteiger partial charge is 0.0550 e. The molecule has 1 aromatic carbocycles. The molecule has 0 saturated heterocycles. The minimum Gasteiger partial charge on any atom is -0.200 e. The van der Waals surface area contributed by atoms with Crippen molar-refractivity contribution in [1.82, 2.24) is 4.37 Å². The lowest BCUT2D eigenvalue weighted by Crippen LogP contribution is -1.57. The van der Waals surface area contributed by atoms with Gasteiger partial charge in [-0.15, -0.1) is 0 Å². The minimum atomic E-state index is 1.18. The fourth-order valence-corrected chi connectivity index (χ4v) is 1.38. The fourth-order valence-electron chi connectivity index (χ4n) is 0.753. The van der Waals surface area contributed by atoms with Crippen molar-refractivity contribution in [1.29, 1.82) is 0 Å². The summed E-state index contributed by atoms with van der Waals surface area (Å²) in [5.41, 5.74) is 0. The average molecular weight is 134 g/mol. The Morgan fingerprint density at radius 3 is 3.44 bits per heavy atom. The average Bonchev–Trinajstić information content (AvgIpc) is 2.33. The van der Waals surface area contributed by atoms with Crippen LogP contribution in [0.5, 0.6) is 0 Å². The first kappa shape index (κ1) is 4.94. The predicted molar refractivity (Wildman–Crippen MR) is 38.5 cm³/mol. The fraction of sp³-hybridized carbons (Fsp3) is 0. The first-order chi connectivity index (χ1) is 4.47. The lowest BCUT2D eigenvalue weighted by Gasteiger charge is -1.79. The number of hydrogen-bond donors (Lipinski definition) is 0. The molecule has 0 unspecified atom stereocenters. The number of fused-ring (bicyclic) bond motifs is 1. The van der Waals surface area contributed by atoms with Crippen LogP contribution in [0.25, 0.3) is 10.1 Å². The van der Waals surface area contributed by atoms with Crippen LogP contribution in [-0.4, -0.2) is 4.37 Å². The Balaban J connectivity index is 2.95. The normalized spacial score (nSPS) is 10.2. The van der Waals surface area contributed by atoms with Gasteiger partial charge in [0, 0.05) is 11.6 Å². The molecule has 0 aliphatic heterocycles. The van der Waals surface area contributed by atoms with Gasteiger partial charge in [-0.1, -0.05) is 6.07 Å². The molecule has 9 heavy (non-hydrogen) atoms. The van der Waals surface area contributed by atoms with Crippen LogP contribution in [0.2, 0.25) is 0 Å². The molecule has 0 bridgehead atoms. The van der Waals surface area contributed by atoms with Crippen molar-refractivity contribution >= 4 is 21.6 Å². The van der Waals surface area contributed by atoms with E-state index in [0.717, 1.165) is 0 Å². The summed E-state index contributed by atoms with van der Waals surface area (Å²) in [5.74, 6) is 0. The summed E-state index contributed by atoms with van der Waals surface area (Å²) in [5, 5.41) is 1.18. The molecule has 0 atom stereocenters. The number of aromatic nitrogens is 1. The monoisotopic (exact) mass is 134 g/mol. The molecule has 0 amide bonds. The van der Waals surface area contributed by atoms with Crippen molar-refractivity contribution in [3.05, 3.63) is 30.5 Å². The molecule has 2 heteroatoms. The van der Waals surface area contributed by atoms with Gasteiger partial charge in [-0.2, -0.15) is 4.37 Å². The van der Waals surface area contributed by atoms with Crippen molar-refractivity contribution in [2.45, 2.75) is 0 Å². The molecule has 43 valence electrons. The van der Waals surface area contributed by atoms with Gasteiger partial charge in [0.1, 0.15) is 0 Å². The molecule has 0 aliphatic carbocycles. The Hall–Kier alpha value is -0.890. The van der Waals surface area contributed by atoms with Crippen LogP contribution in [0.3, 0.4) is 0 Å². The second kappa shape index (κ2) is 1.81. The first-order valence-electron chi connectivity index (χ1n) is 2.67. The molecule has 1 radical (unpaired) electrons. The highest BCUT2D eigenvalue weighted by Crippen LogP contribution is 2.15. The Bertz CT molecular complexity index is 283. The second-order valence-corrected chi connectivity index (χ2v) is 2.62. The number of benzene rings is 1. The highest BCUT2D eigenvalue weighted by atomic mass is 32.1. The molecule has 2 aromatic rings. The van der Waals surface area contributed by atoms with E-state index in [9.17, 15) is 0 Å². The van der Waals surface area contributed by atoms with E-state index in [4.69, 9.17) is 0 Å². The van der Waals surface area contributed by atoms with Crippen molar-refractivity contribution in [3.8, 4) is 0 Å². The zero-order chi connectivity index (χ0) is 6.10. The van der Waals surface area contributed by atoms with Crippen LogP contribution < -0.4 is 0 Å². The molecule has 1 nitrogen and oxygen atoms in total. The Kier molecular flexibility index (Phi) is 0.993. The largest absolute Gasteiger partial charge is 0.200 e. The van der Waals surface area contributed by atoms with E-state index in [1.165, 1.54) is 21.6 Å². The van der Waals surface area contributed by atoms with Gasteiger partial charge in [0.15, 0.2) is 0 Å². The third-order valence-electron chi connectivity index (χ3n) is 1.20.